The van der Waals surface area contributed by atoms with E-state index in [-0.39, 0.29) is 5.91 Å². The number of fused-ring (bicyclic) bond motifs is 1. The lowest BCUT2D eigenvalue weighted by atomic mass is 10.1. The van der Waals surface area contributed by atoms with Crippen LogP contribution < -0.4 is 15.4 Å². The van der Waals surface area contributed by atoms with Crippen LogP contribution in [-0.2, 0) is 19.5 Å². The number of hydrogen-bond donors (Lipinski definition) is 3. The Kier molecular flexibility index (Phi) is 4.31. The van der Waals surface area contributed by atoms with Crippen molar-refractivity contribution in [2.24, 2.45) is 0 Å². The predicted octanol–water partition coefficient (Wildman–Crippen LogP) is 1.65. The third-order valence-electron chi connectivity index (χ3n) is 3.70. The van der Waals surface area contributed by atoms with Gasteiger partial charge in [0.1, 0.15) is 5.75 Å². The first-order valence-corrected chi connectivity index (χ1v) is 7.44. The maximum Gasteiger partial charge on any atom is 0.272 e. The van der Waals surface area contributed by atoms with Crippen molar-refractivity contribution >= 4 is 17.5 Å². The number of carbonyl (C=O) groups is 1. The Hall–Kier alpha value is -2.05. The van der Waals surface area contributed by atoms with Gasteiger partial charge in [0, 0.05) is 47.9 Å². The molecule has 0 radical (unpaired) electrons. The van der Waals surface area contributed by atoms with Gasteiger partial charge in [0.15, 0.2) is 5.69 Å². The largest absolute Gasteiger partial charge is 0.496 e. The lowest BCUT2D eigenvalue weighted by Crippen LogP contribution is -2.28. The number of methoxy groups -OCH3 is 1. The Morgan fingerprint density at radius 3 is 3.18 bits per heavy atom. The van der Waals surface area contributed by atoms with Gasteiger partial charge in [-0.05, 0) is 18.2 Å². The lowest BCUT2D eigenvalue weighted by Gasteiger charge is -2.13. The minimum absolute atomic E-state index is 0.205. The summed E-state index contributed by atoms with van der Waals surface area (Å²) in [5.74, 6) is 0.485. The fraction of sp³-hybridized carbons (Fsp3) is 0.333. The van der Waals surface area contributed by atoms with Crippen molar-refractivity contribution in [1.29, 1.82) is 0 Å². The van der Waals surface area contributed by atoms with E-state index in [0.717, 1.165) is 29.8 Å². The standard InChI is InChI=1S/C15H17ClN4O2/c1-22-13-3-2-10(16)6-9(13)7-18-15(21)14-11-8-17-5-4-12(11)19-20-14/h2-3,6,17H,4-5,7-8H2,1H3,(H,18,21)(H,19,20). The maximum atomic E-state index is 12.3. The summed E-state index contributed by atoms with van der Waals surface area (Å²) in [6.45, 7) is 1.89. The number of amides is 1. The first kappa shape index (κ1) is 14.9. The van der Waals surface area contributed by atoms with Crippen LogP contribution in [0.15, 0.2) is 18.2 Å². The molecule has 7 heteroatoms. The van der Waals surface area contributed by atoms with E-state index in [0.29, 0.717) is 29.6 Å². The second-order valence-electron chi connectivity index (χ2n) is 5.09. The Bertz CT molecular complexity index is 699. The van der Waals surface area contributed by atoms with Gasteiger partial charge in [0.25, 0.3) is 5.91 Å². The molecule has 116 valence electrons. The van der Waals surface area contributed by atoms with E-state index in [1.807, 2.05) is 0 Å². The summed E-state index contributed by atoms with van der Waals surface area (Å²) < 4.78 is 5.27. The molecule has 0 unspecified atom stereocenters. The molecule has 1 aromatic heterocycles. The second-order valence-corrected chi connectivity index (χ2v) is 5.53. The van der Waals surface area contributed by atoms with Gasteiger partial charge in [0.05, 0.1) is 7.11 Å². The Morgan fingerprint density at radius 2 is 2.36 bits per heavy atom. The van der Waals surface area contributed by atoms with Gasteiger partial charge in [-0.1, -0.05) is 11.6 Å². The summed E-state index contributed by atoms with van der Waals surface area (Å²) in [6.07, 6.45) is 0.859. The molecule has 0 fully saturated rings. The van der Waals surface area contributed by atoms with Crippen molar-refractivity contribution in [3.63, 3.8) is 0 Å². The van der Waals surface area contributed by atoms with Crippen molar-refractivity contribution < 1.29 is 9.53 Å². The van der Waals surface area contributed by atoms with Gasteiger partial charge in [0.2, 0.25) is 0 Å². The van der Waals surface area contributed by atoms with E-state index in [4.69, 9.17) is 16.3 Å². The summed E-state index contributed by atoms with van der Waals surface area (Å²) in [7, 11) is 1.59. The van der Waals surface area contributed by atoms with Crippen molar-refractivity contribution in [3.05, 3.63) is 45.7 Å². The Morgan fingerprint density at radius 1 is 1.50 bits per heavy atom. The van der Waals surface area contributed by atoms with Crippen molar-refractivity contribution in [3.8, 4) is 5.75 Å². The number of rotatable bonds is 4. The molecule has 6 nitrogen and oxygen atoms in total. The predicted molar refractivity (Wildman–Crippen MR) is 83.2 cm³/mol. The van der Waals surface area contributed by atoms with Gasteiger partial charge < -0.3 is 15.4 Å². The number of benzene rings is 1. The number of nitrogens with one attached hydrogen (secondary N) is 3. The molecule has 3 N–H and O–H groups in total. The number of H-pyrrole nitrogens is 1. The third kappa shape index (κ3) is 2.93. The number of aromatic nitrogens is 2. The molecule has 0 aliphatic carbocycles. The van der Waals surface area contributed by atoms with Crippen molar-refractivity contribution in [2.75, 3.05) is 13.7 Å². The monoisotopic (exact) mass is 320 g/mol. The number of ether oxygens (including phenoxy) is 1. The van der Waals surface area contributed by atoms with E-state index in [1.54, 1.807) is 25.3 Å². The molecule has 0 atom stereocenters. The van der Waals surface area contributed by atoms with Gasteiger partial charge >= 0.3 is 0 Å². The summed E-state index contributed by atoms with van der Waals surface area (Å²) in [5, 5.41) is 13.8. The normalized spacial score (nSPS) is 13.5. The molecule has 1 aliphatic heterocycles. The van der Waals surface area contributed by atoms with Gasteiger partial charge in [-0.25, -0.2) is 0 Å². The molecular weight excluding hydrogens is 304 g/mol. The topological polar surface area (TPSA) is 79.0 Å². The van der Waals surface area contributed by atoms with Crippen LogP contribution in [0.4, 0.5) is 0 Å². The van der Waals surface area contributed by atoms with E-state index >= 15 is 0 Å². The zero-order valence-electron chi connectivity index (χ0n) is 12.2. The SMILES string of the molecule is COc1ccc(Cl)cc1CNC(=O)c1n[nH]c2c1CNCC2. The number of carbonyl (C=O) groups excluding carboxylic acids is 1. The third-order valence-corrected chi connectivity index (χ3v) is 3.94. The van der Waals surface area contributed by atoms with Crippen LogP contribution in [0.3, 0.4) is 0 Å². The average Bonchev–Trinajstić information content (AvgIpc) is 2.97. The van der Waals surface area contributed by atoms with E-state index < -0.39 is 0 Å². The highest BCUT2D eigenvalue weighted by atomic mass is 35.5. The number of aromatic amines is 1. The summed E-state index contributed by atoms with van der Waals surface area (Å²) >= 11 is 5.99. The highest BCUT2D eigenvalue weighted by Crippen LogP contribution is 2.22. The molecule has 0 bridgehead atoms. The van der Waals surface area contributed by atoms with Crippen LogP contribution in [0.25, 0.3) is 0 Å². The van der Waals surface area contributed by atoms with Gasteiger partial charge in [-0.15, -0.1) is 0 Å². The van der Waals surface area contributed by atoms with Crippen LogP contribution in [-0.4, -0.2) is 29.8 Å². The van der Waals surface area contributed by atoms with Crippen molar-refractivity contribution in [1.82, 2.24) is 20.8 Å². The molecule has 0 spiro atoms. The summed E-state index contributed by atoms with van der Waals surface area (Å²) in [6, 6.07) is 5.31. The second kappa shape index (κ2) is 6.37. The molecule has 1 aromatic carbocycles. The number of halogens is 1. The molecular formula is C15H17ClN4O2. The fourth-order valence-corrected chi connectivity index (χ4v) is 2.75. The van der Waals surface area contributed by atoms with Crippen molar-refractivity contribution in [2.45, 2.75) is 19.5 Å². The van der Waals surface area contributed by atoms with Crippen LogP contribution in [0.2, 0.25) is 5.02 Å². The Balaban J connectivity index is 1.73. The molecule has 2 heterocycles. The molecule has 22 heavy (non-hydrogen) atoms. The van der Waals surface area contributed by atoms with Gasteiger partial charge in [-0.3, -0.25) is 9.89 Å². The van der Waals surface area contributed by atoms with Crippen LogP contribution in [0, 0.1) is 0 Å². The first-order valence-electron chi connectivity index (χ1n) is 7.06. The molecule has 3 rings (SSSR count). The quantitative estimate of drug-likeness (QED) is 0.800. The number of hydrogen-bond acceptors (Lipinski definition) is 4. The summed E-state index contributed by atoms with van der Waals surface area (Å²) in [4.78, 5) is 12.3. The first-order chi connectivity index (χ1) is 10.7. The van der Waals surface area contributed by atoms with E-state index in [9.17, 15) is 4.79 Å². The molecule has 1 amide bonds. The zero-order chi connectivity index (χ0) is 15.5. The molecule has 2 aromatic rings. The number of nitrogens with zero attached hydrogens (tertiary/aromatic N) is 1. The molecule has 0 saturated carbocycles. The molecule has 1 aliphatic rings. The fourth-order valence-electron chi connectivity index (χ4n) is 2.56. The minimum Gasteiger partial charge on any atom is -0.496 e. The molecule has 0 saturated heterocycles. The lowest BCUT2D eigenvalue weighted by molar-refractivity contribution is 0.0944. The van der Waals surface area contributed by atoms with E-state index in [2.05, 4.69) is 20.8 Å². The van der Waals surface area contributed by atoms with Crippen LogP contribution in [0.1, 0.15) is 27.3 Å². The van der Waals surface area contributed by atoms with E-state index in [1.165, 1.54) is 0 Å². The van der Waals surface area contributed by atoms with Crippen LogP contribution in [0.5, 0.6) is 5.75 Å². The minimum atomic E-state index is -0.205. The smallest absolute Gasteiger partial charge is 0.272 e. The Labute approximate surface area is 133 Å². The summed E-state index contributed by atoms with van der Waals surface area (Å²) in [5.41, 5.74) is 3.25. The maximum absolute atomic E-state index is 12.3. The van der Waals surface area contributed by atoms with Gasteiger partial charge in [-0.2, -0.15) is 5.10 Å². The average molecular weight is 321 g/mol. The highest BCUT2D eigenvalue weighted by molar-refractivity contribution is 6.30. The zero-order valence-corrected chi connectivity index (χ0v) is 13.0. The highest BCUT2D eigenvalue weighted by Gasteiger charge is 2.21. The van der Waals surface area contributed by atoms with Crippen LogP contribution >= 0.6 is 11.6 Å².